The van der Waals surface area contributed by atoms with E-state index >= 15 is 0 Å². The molecule has 25 heavy (non-hydrogen) atoms. The molecule has 1 aromatic heterocycles. The van der Waals surface area contributed by atoms with Gasteiger partial charge in [-0.2, -0.15) is 0 Å². The molecule has 0 atom stereocenters. The highest BCUT2D eigenvalue weighted by atomic mass is 32.2. The van der Waals surface area contributed by atoms with E-state index in [1.165, 1.54) is 12.1 Å². The molecule has 0 aliphatic carbocycles. The topological polar surface area (TPSA) is 92.5 Å². The van der Waals surface area contributed by atoms with Gasteiger partial charge in [0.1, 0.15) is 5.76 Å². The van der Waals surface area contributed by atoms with Crippen LogP contribution in [0.2, 0.25) is 0 Å². The first-order chi connectivity index (χ1) is 12.0. The van der Waals surface area contributed by atoms with Gasteiger partial charge in [0.15, 0.2) is 0 Å². The molecule has 8 heteroatoms. The lowest BCUT2D eigenvalue weighted by molar-refractivity contribution is -0.119. The van der Waals surface area contributed by atoms with Gasteiger partial charge in [-0.3, -0.25) is 4.79 Å². The maximum absolute atomic E-state index is 12.3. The predicted molar refractivity (Wildman–Crippen MR) is 92.8 cm³/mol. The highest BCUT2D eigenvalue weighted by Crippen LogP contribution is 2.22. The molecule has 1 aliphatic rings. The molecule has 3 rings (SSSR count). The zero-order valence-electron chi connectivity index (χ0n) is 14.1. The summed E-state index contributed by atoms with van der Waals surface area (Å²) in [5.41, 5.74) is 1.45. The van der Waals surface area contributed by atoms with Crippen molar-refractivity contribution >= 4 is 21.6 Å². The number of piperidine rings is 1. The number of sulfonamides is 1. The number of carbonyl (C=O) groups is 1. The Morgan fingerprint density at radius 2 is 2.00 bits per heavy atom. The van der Waals surface area contributed by atoms with E-state index in [-0.39, 0.29) is 17.3 Å². The lowest BCUT2D eigenvalue weighted by Gasteiger charge is -2.26. The Balaban J connectivity index is 1.62. The van der Waals surface area contributed by atoms with E-state index in [1.54, 1.807) is 30.0 Å². The summed E-state index contributed by atoms with van der Waals surface area (Å²) >= 11 is 0. The lowest BCUT2D eigenvalue weighted by Crippen LogP contribution is -2.35. The Morgan fingerprint density at radius 1 is 1.24 bits per heavy atom. The first-order valence-electron chi connectivity index (χ1n) is 8.28. The Labute approximate surface area is 147 Å². The first-order valence-corrected chi connectivity index (χ1v) is 9.76. The fraction of sp³-hybridized carbons (Fsp3) is 0.412. The second-order valence-electron chi connectivity index (χ2n) is 6.07. The molecular weight excluding hydrogens is 342 g/mol. The maximum Gasteiger partial charge on any atom is 0.240 e. The number of benzene rings is 1. The molecule has 0 unspecified atom stereocenters. The summed E-state index contributed by atoms with van der Waals surface area (Å²) in [4.78, 5) is 13.8. The van der Waals surface area contributed by atoms with Crippen molar-refractivity contribution in [2.45, 2.75) is 37.5 Å². The normalized spacial score (nSPS) is 15.6. The second kappa shape index (κ2) is 7.37. The summed E-state index contributed by atoms with van der Waals surface area (Å²) in [6.07, 6.45) is 2.88. The lowest BCUT2D eigenvalue weighted by atomic mass is 10.1. The average molecular weight is 363 g/mol. The number of nitrogens with zero attached hydrogens (tertiary/aromatic N) is 2. The third kappa shape index (κ3) is 4.26. The van der Waals surface area contributed by atoms with Gasteiger partial charge in [0, 0.05) is 37.7 Å². The van der Waals surface area contributed by atoms with E-state index in [1.807, 2.05) is 0 Å². The monoisotopic (exact) mass is 363 g/mol. The number of hydrogen-bond donors (Lipinski definition) is 1. The van der Waals surface area contributed by atoms with Crippen LogP contribution in [0.5, 0.6) is 0 Å². The Hall–Kier alpha value is -2.19. The summed E-state index contributed by atoms with van der Waals surface area (Å²) in [6.45, 7) is 2.70. The van der Waals surface area contributed by atoms with Crippen LogP contribution in [0.4, 0.5) is 5.69 Å². The van der Waals surface area contributed by atoms with Crippen molar-refractivity contribution in [1.29, 1.82) is 0 Å². The Kier molecular flexibility index (Phi) is 5.19. The molecule has 1 aromatic carbocycles. The molecule has 1 amide bonds. The third-order valence-electron chi connectivity index (χ3n) is 4.13. The summed E-state index contributed by atoms with van der Waals surface area (Å²) in [5.74, 6) is 0.781. The van der Waals surface area contributed by atoms with Gasteiger partial charge in [0.05, 0.1) is 10.6 Å². The molecule has 7 nitrogen and oxygen atoms in total. The molecule has 0 saturated carbocycles. The minimum absolute atomic E-state index is 0.0860. The van der Waals surface area contributed by atoms with Crippen molar-refractivity contribution in [2.75, 3.05) is 18.0 Å². The van der Waals surface area contributed by atoms with Crippen LogP contribution < -0.4 is 9.62 Å². The van der Waals surface area contributed by atoms with Gasteiger partial charge in [-0.15, -0.1) is 0 Å². The van der Waals surface area contributed by atoms with Crippen molar-refractivity contribution in [3.63, 3.8) is 0 Å². The van der Waals surface area contributed by atoms with Gasteiger partial charge < -0.3 is 9.42 Å². The van der Waals surface area contributed by atoms with Crippen molar-refractivity contribution < 1.29 is 17.7 Å². The van der Waals surface area contributed by atoms with Gasteiger partial charge in [-0.1, -0.05) is 5.16 Å². The molecule has 2 heterocycles. The minimum atomic E-state index is -3.60. The van der Waals surface area contributed by atoms with E-state index in [9.17, 15) is 13.2 Å². The summed E-state index contributed by atoms with van der Waals surface area (Å²) in [7, 11) is -3.60. The Bertz CT molecular complexity index is 843. The number of aromatic nitrogens is 1. The SMILES string of the molecule is Cc1cc(CCNS(=O)(=O)c2ccc(N3CCCCC3=O)cc2)no1. The smallest absolute Gasteiger partial charge is 0.240 e. The van der Waals surface area contributed by atoms with Crippen LogP contribution in [0, 0.1) is 6.92 Å². The van der Waals surface area contributed by atoms with Crippen molar-refractivity contribution in [3.8, 4) is 0 Å². The predicted octanol–water partition coefficient (Wildman–Crippen LogP) is 2.02. The van der Waals surface area contributed by atoms with Crippen molar-refractivity contribution in [2.24, 2.45) is 0 Å². The second-order valence-corrected chi connectivity index (χ2v) is 7.84. The van der Waals surface area contributed by atoms with Gasteiger partial charge in [-0.25, -0.2) is 13.1 Å². The van der Waals surface area contributed by atoms with Gasteiger partial charge >= 0.3 is 0 Å². The molecular formula is C17H21N3O4S. The largest absolute Gasteiger partial charge is 0.361 e. The van der Waals surface area contributed by atoms with Crippen LogP contribution >= 0.6 is 0 Å². The fourth-order valence-electron chi connectivity index (χ4n) is 2.82. The third-order valence-corrected chi connectivity index (χ3v) is 5.61. The molecule has 1 fully saturated rings. The summed E-state index contributed by atoms with van der Waals surface area (Å²) in [5, 5.41) is 3.83. The standard InChI is InChI=1S/C17H21N3O4S/c1-13-12-14(19-24-13)9-10-18-25(22,23)16-7-5-15(6-8-16)20-11-3-2-4-17(20)21/h5-8,12,18H,2-4,9-11H2,1H3. The number of hydrogen-bond acceptors (Lipinski definition) is 5. The maximum atomic E-state index is 12.3. The molecule has 0 radical (unpaired) electrons. The number of nitrogens with one attached hydrogen (secondary N) is 1. The summed E-state index contributed by atoms with van der Waals surface area (Å²) in [6, 6.07) is 8.19. The van der Waals surface area contributed by atoms with E-state index in [2.05, 4.69) is 9.88 Å². The zero-order valence-corrected chi connectivity index (χ0v) is 14.9. The molecule has 1 saturated heterocycles. The van der Waals surface area contributed by atoms with Gasteiger partial charge in [-0.05, 0) is 44.0 Å². The molecule has 0 bridgehead atoms. The highest BCUT2D eigenvalue weighted by Gasteiger charge is 2.20. The minimum Gasteiger partial charge on any atom is -0.361 e. The van der Waals surface area contributed by atoms with Crippen LogP contribution in [0.15, 0.2) is 39.8 Å². The number of rotatable bonds is 6. The molecule has 0 spiro atoms. The van der Waals surface area contributed by atoms with Crippen molar-refractivity contribution in [1.82, 2.24) is 9.88 Å². The van der Waals surface area contributed by atoms with E-state index in [0.29, 0.717) is 30.8 Å². The number of aryl methyl sites for hydroxylation is 1. The van der Waals surface area contributed by atoms with E-state index in [0.717, 1.165) is 18.5 Å². The summed E-state index contributed by atoms with van der Waals surface area (Å²) < 4.78 is 32.2. The van der Waals surface area contributed by atoms with E-state index < -0.39 is 10.0 Å². The molecule has 1 aliphatic heterocycles. The fourth-order valence-corrected chi connectivity index (χ4v) is 3.85. The van der Waals surface area contributed by atoms with Crippen LogP contribution in [0.3, 0.4) is 0 Å². The highest BCUT2D eigenvalue weighted by molar-refractivity contribution is 7.89. The van der Waals surface area contributed by atoms with Crippen LogP contribution in [0.1, 0.15) is 30.7 Å². The van der Waals surface area contributed by atoms with Gasteiger partial charge in [0.25, 0.3) is 0 Å². The van der Waals surface area contributed by atoms with Gasteiger partial charge in [0.2, 0.25) is 15.9 Å². The van der Waals surface area contributed by atoms with Crippen LogP contribution in [-0.2, 0) is 21.2 Å². The molecule has 2 aromatic rings. The number of amides is 1. The molecule has 1 N–H and O–H groups in total. The average Bonchev–Trinajstić information content (AvgIpc) is 3.01. The number of carbonyl (C=O) groups excluding carboxylic acids is 1. The van der Waals surface area contributed by atoms with E-state index in [4.69, 9.17) is 4.52 Å². The zero-order chi connectivity index (χ0) is 17.9. The Morgan fingerprint density at radius 3 is 2.64 bits per heavy atom. The molecule has 134 valence electrons. The van der Waals surface area contributed by atoms with Crippen LogP contribution in [0.25, 0.3) is 0 Å². The van der Waals surface area contributed by atoms with Crippen molar-refractivity contribution in [3.05, 3.63) is 41.8 Å². The number of anilines is 1. The van der Waals surface area contributed by atoms with Crippen LogP contribution in [-0.4, -0.2) is 32.6 Å². The first kappa shape index (κ1) is 17.6. The quantitative estimate of drug-likeness (QED) is 0.848.